The Morgan fingerprint density at radius 2 is 1.58 bits per heavy atom. The van der Waals surface area contributed by atoms with Crippen molar-refractivity contribution in [2.45, 2.75) is 6.92 Å². The van der Waals surface area contributed by atoms with Gasteiger partial charge in [0, 0.05) is 5.39 Å². The topological polar surface area (TPSA) is 82.4 Å². The van der Waals surface area contributed by atoms with Gasteiger partial charge in [0.25, 0.3) is 11.5 Å². The highest BCUT2D eigenvalue weighted by Crippen LogP contribution is 2.26. The van der Waals surface area contributed by atoms with Crippen LogP contribution in [0.3, 0.4) is 0 Å². The molecular formula is C24H21N3O4. The molecule has 0 aliphatic heterocycles. The fraction of sp³-hybridized carbons (Fsp3) is 0.125. The molecule has 1 aromatic heterocycles. The number of ether oxygens (including phenoxy) is 2. The number of hydrogen-bond donors (Lipinski definition) is 1. The largest absolute Gasteiger partial charge is 0.494 e. The molecule has 156 valence electrons. The van der Waals surface area contributed by atoms with Gasteiger partial charge in [0.1, 0.15) is 17.2 Å². The van der Waals surface area contributed by atoms with E-state index in [0.29, 0.717) is 40.3 Å². The van der Waals surface area contributed by atoms with Crippen molar-refractivity contribution in [3.8, 4) is 17.2 Å². The van der Waals surface area contributed by atoms with Crippen molar-refractivity contribution in [3.05, 3.63) is 88.8 Å². The van der Waals surface area contributed by atoms with Gasteiger partial charge in [0.05, 0.1) is 24.8 Å². The van der Waals surface area contributed by atoms with Crippen LogP contribution < -0.4 is 20.3 Å². The van der Waals surface area contributed by atoms with E-state index in [1.54, 1.807) is 66.7 Å². The fourth-order valence-electron chi connectivity index (χ4n) is 3.36. The normalized spacial score (nSPS) is 10.6. The van der Waals surface area contributed by atoms with E-state index in [0.717, 1.165) is 0 Å². The zero-order valence-corrected chi connectivity index (χ0v) is 17.2. The summed E-state index contributed by atoms with van der Waals surface area (Å²) >= 11 is 0. The Morgan fingerprint density at radius 3 is 2.32 bits per heavy atom. The third-order valence-electron chi connectivity index (χ3n) is 4.77. The van der Waals surface area contributed by atoms with Gasteiger partial charge in [-0.15, -0.1) is 0 Å². The van der Waals surface area contributed by atoms with Crippen molar-refractivity contribution >= 4 is 22.4 Å². The van der Waals surface area contributed by atoms with Gasteiger partial charge in [-0.25, -0.2) is 0 Å². The van der Waals surface area contributed by atoms with Crippen molar-refractivity contribution in [2.75, 3.05) is 19.0 Å². The molecule has 0 atom stereocenters. The van der Waals surface area contributed by atoms with Crippen molar-refractivity contribution in [1.82, 2.24) is 9.78 Å². The van der Waals surface area contributed by atoms with Crippen LogP contribution in [0.1, 0.15) is 17.4 Å². The first-order valence-corrected chi connectivity index (χ1v) is 9.82. The summed E-state index contributed by atoms with van der Waals surface area (Å²) in [6, 6.07) is 21.1. The Balaban J connectivity index is 1.87. The lowest BCUT2D eigenvalue weighted by atomic mass is 10.1. The quantitative estimate of drug-likeness (QED) is 0.514. The molecule has 0 unspecified atom stereocenters. The van der Waals surface area contributed by atoms with E-state index in [4.69, 9.17) is 9.47 Å². The van der Waals surface area contributed by atoms with Crippen molar-refractivity contribution in [3.63, 3.8) is 0 Å². The molecule has 0 bridgehead atoms. The number of anilines is 1. The van der Waals surface area contributed by atoms with Crippen molar-refractivity contribution < 1.29 is 14.3 Å². The third kappa shape index (κ3) is 3.85. The highest BCUT2D eigenvalue weighted by molar-refractivity contribution is 6.11. The van der Waals surface area contributed by atoms with Crippen LogP contribution in [-0.4, -0.2) is 29.4 Å². The lowest BCUT2D eigenvalue weighted by Gasteiger charge is -2.14. The number of rotatable bonds is 6. The van der Waals surface area contributed by atoms with Gasteiger partial charge in [0.2, 0.25) is 0 Å². The molecule has 4 rings (SSSR count). The molecule has 0 saturated carbocycles. The first-order valence-electron chi connectivity index (χ1n) is 9.82. The number of amides is 1. The molecule has 0 radical (unpaired) electrons. The Kier molecular flexibility index (Phi) is 5.66. The van der Waals surface area contributed by atoms with Crippen molar-refractivity contribution in [2.24, 2.45) is 0 Å². The third-order valence-corrected chi connectivity index (χ3v) is 4.77. The lowest BCUT2D eigenvalue weighted by Crippen LogP contribution is -2.27. The van der Waals surface area contributed by atoms with Gasteiger partial charge in [-0.05, 0) is 37.3 Å². The van der Waals surface area contributed by atoms with Gasteiger partial charge in [-0.1, -0.05) is 42.5 Å². The molecule has 3 aromatic carbocycles. The molecule has 0 saturated heterocycles. The second-order valence-corrected chi connectivity index (χ2v) is 6.67. The van der Waals surface area contributed by atoms with Gasteiger partial charge >= 0.3 is 0 Å². The van der Waals surface area contributed by atoms with Crippen molar-refractivity contribution in [1.29, 1.82) is 0 Å². The number of aromatic nitrogens is 2. The molecule has 0 fully saturated rings. The summed E-state index contributed by atoms with van der Waals surface area (Å²) in [6.07, 6.45) is 0. The number of benzene rings is 3. The molecule has 0 aliphatic rings. The van der Waals surface area contributed by atoms with Crippen LogP contribution in [0.5, 0.6) is 11.5 Å². The van der Waals surface area contributed by atoms with E-state index < -0.39 is 5.91 Å². The predicted molar refractivity (Wildman–Crippen MR) is 119 cm³/mol. The smallest absolute Gasteiger partial charge is 0.279 e. The van der Waals surface area contributed by atoms with Gasteiger partial charge in [0.15, 0.2) is 5.69 Å². The van der Waals surface area contributed by atoms with E-state index >= 15 is 0 Å². The molecule has 31 heavy (non-hydrogen) atoms. The maximum atomic E-state index is 13.3. The molecule has 1 N–H and O–H groups in total. The van der Waals surface area contributed by atoms with Crippen LogP contribution in [0.25, 0.3) is 16.5 Å². The minimum Gasteiger partial charge on any atom is -0.494 e. The van der Waals surface area contributed by atoms with Crippen LogP contribution in [0, 0.1) is 0 Å². The average molecular weight is 415 g/mol. The average Bonchev–Trinajstić information content (AvgIpc) is 2.81. The van der Waals surface area contributed by atoms with Crippen LogP contribution in [0.15, 0.2) is 77.6 Å². The number of para-hydroxylation sites is 4. The number of methoxy groups -OCH3 is 1. The number of nitrogens with zero attached hydrogens (tertiary/aromatic N) is 2. The lowest BCUT2D eigenvalue weighted by molar-refractivity contribution is 0.102. The van der Waals surface area contributed by atoms with Crippen LogP contribution in [-0.2, 0) is 0 Å². The Bertz CT molecular complexity index is 1310. The molecule has 0 spiro atoms. The summed E-state index contributed by atoms with van der Waals surface area (Å²) in [5, 5.41) is 8.12. The zero-order chi connectivity index (χ0) is 21.8. The molecule has 4 aromatic rings. The Hall–Kier alpha value is -4.13. The molecule has 7 nitrogen and oxygen atoms in total. The Labute approximate surface area is 178 Å². The van der Waals surface area contributed by atoms with Crippen LogP contribution in [0.2, 0.25) is 0 Å². The first kappa shape index (κ1) is 20.2. The summed E-state index contributed by atoms with van der Waals surface area (Å²) < 4.78 is 12.2. The monoisotopic (exact) mass is 415 g/mol. The SMILES string of the molecule is CCOc1ccccc1NC(=O)c1nn(-c2ccccc2OC)c(=O)c2ccccc12. The number of hydrogen-bond acceptors (Lipinski definition) is 5. The number of carbonyl (C=O) groups is 1. The second kappa shape index (κ2) is 8.71. The van der Waals surface area contributed by atoms with E-state index in [1.807, 2.05) is 13.0 Å². The van der Waals surface area contributed by atoms with E-state index in [9.17, 15) is 9.59 Å². The van der Waals surface area contributed by atoms with Crippen LogP contribution >= 0.6 is 0 Å². The summed E-state index contributed by atoms with van der Waals surface area (Å²) in [6.45, 7) is 2.34. The molecule has 1 heterocycles. The standard InChI is InChI=1S/C24H21N3O4/c1-3-31-20-14-8-6-12-18(20)25-23(28)22-16-10-4-5-11-17(16)24(29)27(26-22)19-13-7-9-15-21(19)30-2/h4-15H,3H2,1-2H3,(H,25,28). The molecule has 7 heteroatoms. The zero-order valence-electron chi connectivity index (χ0n) is 17.2. The summed E-state index contributed by atoms with van der Waals surface area (Å²) in [7, 11) is 1.52. The maximum absolute atomic E-state index is 13.3. The minimum absolute atomic E-state index is 0.118. The fourth-order valence-corrected chi connectivity index (χ4v) is 3.36. The summed E-state index contributed by atoms with van der Waals surface area (Å²) in [4.78, 5) is 26.4. The highest BCUT2D eigenvalue weighted by Gasteiger charge is 2.20. The number of carbonyl (C=O) groups excluding carboxylic acids is 1. The summed E-state index contributed by atoms with van der Waals surface area (Å²) in [5.41, 5.74) is 0.749. The predicted octanol–water partition coefficient (Wildman–Crippen LogP) is 4.05. The Morgan fingerprint density at radius 1 is 0.935 bits per heavy atom. The van der Waals surface area contributed by atoms with E-state index in [2.05, 4.69) is 10.4 Å². The van der Waals surface area contributed by atoms with E-state index in [1.165, 1.54) is 11.8 Å². The maximum Gasteiger partial charge on any atom is 0.279 e. The number of fused-ring (bicyclic) bond motifs is 1. The van der Waals surface area contributed by atoms with Gasteiger partial charge in [-0.3, -0.25) is 9.59 Å². The van der Waals surface area contributed by atoms with Crippen LogP contribution in [0.4, 0.5) is 5.69 Å². The highest BCUT2D eigenvalue weighted by atomic mass is 16.5. The molecular weight excluding hydrogens is 394 g/mol. The molecule has 1 amide bonds. The summed E-state index contributed by atoms with van der Waals surface area (Å²) in [5.74, 6) is 0.577. The second-order valence-electron chi connectivity index (χ2n) is 6.67. The minimum atomic E-state index is -0.452. The van der Waals surface area contributed by atoms with Gasteiger partial charge < -0.3 is 14.8 Å². The van der Waals surface area contributed by atoms with E-state index in [-0.39, 0.29) is 11.3 Å². The first-order chi connectivity index (χ1) is 15.1. The number of nitrogens with one attached hydrogen (secondary N) is 1. The molecule has 0 aliphatic carbocycles. The van der Waals surface area contributed by atoms with Gasteiger partial charge in [-0.2, -0.15) is 9.78 Å².